The first-order valence-corrected chi connectivity index (χ1v) is 9.61. The van der Waals surface area contributed by atoms with E-state index in [2.05, 4.69) is 0 Å². The lowest BCUT2D eigenvalue weighted by Crippen LogP contribution is -2.50. The van der Waals surface area contributed by atoms with Crippen molar-refractivity contribution in [3.63, 3.8) is 0 Å². The van der Waals surface area contributed by atoms with Gasteiger partial charge in [0.15, 0.2) is 4.33 Å². The van der Waals surface area contributed by atoms with E-state index in [1.165, 1.54) is 12.1 Å². The number of benzene rings is 1. The Hall–Kier alpha value is 0.130. The minimum Gasteiger partial charge on any atom is -0.274 e. The number of hydrogen-bond donors (Lipinski definition) is 0. The zero-order valence-corrected chi connectivity index (χ0v) is 17.2. The molecule has 2 aliphatic carbocycles. The smallest absolute Gasteiger partial charge is 0.240 e. The van der Waals surface area contributed by atoms with Crippen molar-refractivity contribution in [1.82, 2.24) is 0 Å². The third kappa shape index (κ3) is 1.84. The van der Waals surface area contributed by atoms with E-state index in [1.807, 2.05) is 0 Å². The lowest BCUT2D eigenvalue weighted by atomic mass is 9.84. The van der Waals surface area contributed by atoms with Crippen LogP contribution in [0.2, 0.25) is 5.02 Å². The molecule has 10 heteroatoms. The number of amides is 2. The van der Waals surface area contributed by atoms with Crippen LogP contribution in [0.3, 0.4) is 0 Å². The van der Waals surface area contributed by atoms with Crippen LogP contribution in [0.4, 0.5) is 5.69 Å². The van der Waals surface area contributed by atoms with Gasteiger partial charge in [0, 0.05) is 5.02 Å². The van der Waals surface area contributed by atoms with E-state index in [4.69, 9.17) is 81.2 Å². The summed E-state index contributed by atoms with van der Waals surface area (Å²) in [5.41, 5.74) is 0.329. The molecule has 0 spiro atoms. The molecule has 4 atom stereocenters. The first kappa shape index (κ1) is 18.5. The van der Waals surface area contributed by atoms with Crippen LogP contribution in [0, 0.1) is 11.8 Å². The van der Waals surface area contributed by atoms with Crippen LogP contribution in [-0.4, -0.2) is 25.9 Å². The van der Waals surface area contributed by atoms with Crippen molar-refractivity contribution in [2.24, 2.45) is 11.8 Å². The largest absolute Gasteiger partial charge is 0.274 e. The normalized spacial score (nSPS) is 38.8. The summed E-state index contributed by atoms with van der Waals surface area (Å²) in [6.07, 6.45) is 0. The second kappa shape index (κ2) is 5.35. The molecule has 2 bridgehead atoms. The molecule has 3 aliphatic rings. The molecule has 25 heavy (non-hydrogen) atoms. The number of rotatable bonds is 1. The molecule has 4 rings (SSSR count). The van der Waals surface area contributed by atoms with Crippen LogP contribution in [0.25, 0.3) is 0 Å². The van der Waals surface area contributed by atoms with Gasteiger partial charge in [-0.15, -0.1) is 23.2 Å². The van der Waals surface area contributed by atoms with Crippen LogP contribution in [0.5, 0.6) is 0 Å². The van der Waals surface area contributed by atoms with Crippen molar-refractivity contribution in [1.29, 1.82) is 0 Å². The van der Waals surface area contributed by atoms with Crippen molar-refractivity contribution in [2.45, 2.75) is 14.1 Å². The number of nitrogens with zero attached hydrogens (tertiary/aromatic N) is 1. The van der Waals surface area contributed by atoms with E-state index in [0.29, 0.717) is 10.7 Å². The zero-order valence-electron chi connectivity index (χ0n) is 11.9. The van der Waals surface area contributed by atoms with Gasteiger partial charge in [-0.2, -0.15) is 0 Å². The van der Waals surface area contributed by atoms with Crippen molar-refractivity contribution in [2.75, 3.05) is 4.90 Å². The summed E-state index contributed by atoms with van der Waals surface area (Å²) in [4.78, 5) is 23.5. The topological polar surface area (TPSA) is 37.4 Å². The Morgan fingerprint density at radius 2 is 1.16 bits per heavy atom. The monoisotopic (exact) mass is 477 g/mol. The van der Waals surface area contributed by atoms with Crippen LogP contribution in [-0.2, 0) is 9.59 Å². The number of hydrogen-bond acceptors (Lipinski definition) is 2. The van der Waals surface area contributed by atoms with Crippen molar-refractivity contribution >= 4 is 98.7 Å². The van der Waals surface area contributed by atoms with Crippen LogP contribution < -0.4 is 4.90 Å². The quantitative estimate of drug-likeness (QED) is 0.405. The fraction of sp³-hybridized carbons (Fsp3) is 0.333. The number of halogens is 7. The second-order valence-electron chi connectivity index (χ2n) is 6.07. The minimum absolute atomic E-state index is 0.115. The fourth-order valence-electron chi connectivity index (χ4n) is 3.84. The maximum atomic E-state index is 13.0. The Balaban J connectivity index is 1.90. The van der Waals surface area contributed by atoms with Gasteiger partial charge in [0.25, 0.3) is 0 Å². The van der Waals surface area contributed by atoms with Crippen LogP contribution in [0.15, 0.2) is 34.3 Å². The Bertz CT molecular complexity index is 821. The SMILES string of the molecule is O=C1[C@@H]2[C@@H](C(=O)N1c1ccc(Cl)cc1)[C@]1(Cl)C(Cl)=C(Cl)[C@]2(Cl)C1(Cl)Cl. The molecule has 1 saturated carbocycles. The zero-order chi connectivity index (χ0) is 18.5. The number of carbonyl (C=O) groups is 2. The number of fused-ring (bicyclic) bond motifs is 5. The van der Waals surface area contributed by atoms with Crippen LogP contribution in [0.1, 0.15) is 0 Å². The summed E-state index contributed by atoms with van der Waals surface area (Å²) in [6, 6.07) is 6.18. The molecule has 0 unspecified atom stereocenters. The molecule has 132 valence electrons. The third-order valence-corrected chi connectivity index (χ3v) is 9.50. The Morgan fingerprint density at radius 1 is 0.760 bits per heavy atom. The first-order valence-electron chi connectivity index (χ1n) is 6.96. The molecule has 0 aromatic heterocycles. The number of carbonyl (C=O) groups excluding carboxylic acids is 2. The molecule has 2 amide bonds. The second-order valence-corrected chi connectivity index (χ2v) is 9.78. The standard InChI is InChI=1S/C15H6Cl7NO2/c16-5-1-3-6(4-2-5)23-11(24)7-8(12(23)25)14(20)10(18)9(17)13(7,19)15(14,21)22/h1-4,7-8H/t7-,8-,13-,14-/m0/s1. The van der Waals surface area contributed by atoms with E-state index in [9.17, 15) is 9.59 Å². The van der Waals surface area contributed by atoms with Gasteiger partial charge in [0.05, 0.1) is 27.6 Å². The van der Waals surface area contributed by atoms with Crippen molar-refractivity contribution in [3.8, 4) is 0 Å². The number of alkyl halides is 4. The highest BCUT2D eigenvalue weighted by molar-refractivity contribution is 6.67. The van der Waals surface area contributed by atoms with Gasteiger partial charge in [-0.3, -0.25) is 9.59 Å². The summed E-state index contributed by atoms with van der Waals surface area (Å²) < 4.78 is -1.93. The number of allylic oxidation sites excluding steroid dienone is 2. The lowest BCUT2D eigenvalue weighted by Gasteiger charge is -2.34. The molecule has 0 radical (unpaired) electrons. The van der Waals surface area contributed by atoms with Gasteiger partial charge in [0.2, 0.25) is 11.8 Å². The molecule has 1 aromatic rings. The number of anilines is 1. The van der Waals surface area contributed by atoms with E-state index >= 15 is 0 Å². The lowest BCUT2D eigenvalue weighted by molar-refractivity contribution is -0.123. The molecule has 1 heterocycles. The Kier molecular flexibility index (Phi) is 3.96. The van der Waals surface area contributed by atoms with Gasteiger partial charge in [0.1, 0.15) is 9.75 Å². The molecule has 1 saturated heterocycles. The molecular weight excluding hydrogens is 474 g/mol. The van der Waals surface area contributed by atoms with E-state index in [-0.39, 0.29) is 10.1 Å². The summed E-state index contributed by atoms with van der Waals surface area (Å²) in [5, 5.41) is 0.228. The molecule has 1 aliphatic heterocycles. The maximum absolute atomic E-state index is 13.0. The highest BCUT2D eigenvalue weighted by Crippen LogP contribution is 2.77. The highest BCUT2D eigenvalue weighted by atomic mass is 35.5. The molecule has 2 fully saturated rings. The van der Waals surface area contributed by atoms with Gasteiger partial charge in [-0.25, -0.2) is 4.90 Å². The Labute approximate surface area is 177 Å². The molecule has 3 nitrogen and oxygen atoms in total. The summed E-state index contributed by atoms with van der Waals surface area (Å²) in [6.45, 7) is 0. The summed E-state index contributed by atoms with van der Waals surface area (Å²) >= 11 is 44.4. The summed E-state index contributed by atoms with van der Waals surface area (Å²) in [7, 11) is 0. The average molecular weight is 480 g/mol. The van der Waals surface area contributed by atoms with Gasteiger partial charge < -0.3 is 0 Å². The van der Waals surface area contributed by atoms with Gasteiger partial charge in [-0.05, 0) is 24.3 Å². The van der Waals surface area contributed by atoms with Gasteiger partial charge >= 0.3 is 0 Å². The molecule has 1 aromatic carbocycles. The molecular formula is C15H6Cl7NO2. The highest BCUT2D eigenvalue weighted by Gasteiger charge is 2.87. The molecule has 0 N–H and O–H groups in total. The maximum Gasteiger partial charge on any atom is 0.240 e. The predicted molar refractivity (Wildman–Crippen MR) is 101 cm³/mol. The third-order valence-electron chi connectivity index (χ3n) is 4.99. The first-order chi connectivity index (χ1) is 11.5. The van der Waals surface area contributed by atoms with Crippen molar-refractivity contribution in [3.05, 3.63) is 39.4 Å². The number of imide groups is 1. The van der Waals surface area contributed by atoms with Crippen molar-refractivity contribution < 1.29 is 9.59 Å². The van der Waals surface area contributed by atoms with E-state index < -0.39 is 37.7 Å². The van der Waals surface area contributed by atoms with Gasteiger partial charge in [-0.1, -0.05) is 58.0 Å². The predicted octanol–water partition coefficient (Wildman–Crippen LogP) is 5.29. The summed E-state index contributed by atoms with van der Waals surface area (Å²) in [5.74, 6) is -3.47. The van der Waals surface area contributed by atoms with E-state index in [1.54, 1.807) is 12.1 Å². The fourth-order valence-corrected chi connectivity index (χ4v) is 6.89. The minimum atomic E-state index is -1.93. The Morgan fingerprint density at radius 3 is 1.56 bits per heavy atom. The average Bonchev–Trinajstić information content (AvgIpc) is 2.94. The van der Waals surface area contributed by atoms with Crippen LogP contribution >= 0.6 is 81.2 Å². The van der Waals surface area contributed by atoms with E-state index in [0.717, 1.165) is 4.90 Å².